The molecule has 1 aliphatic carbocycles. The Kier molecular flexibility index (Phi) is 6.56. The van der Waals surface area contributed by atoms with Gasteiger partial charge in [-0.25, -0.2) is 13.1 Å². The third-order valence-electron chi connectivity index (χ3n) is 3.92. The van der Waals surface area contributed by atoms with Gasteiger partial charge in [0, 0.05) is 19.7 Å². The standard InChI is InChI=1S/C16H24N2O4S/c1-22-12-16(19)17-11-10-13-6-8-15(9-7-13)23(20,21)18-14-4-2-3-5-14/h6-9,14,18H,2-5,10-12H2,1H3,(H,17,19). The number of methoxy groups -OCH3 is 1. The molecule has 0 spiro atoms. The highest BCUT2D eigenvalue weighted by Crippen LogP contribution is 2.20. The SMILES string of the molecule is COCC(=O)NCCc1ccc(S(=O)(=O)NC2CCCC2)cc1. The predicted molar refractivity (Wildman–Crippen MR) is 87.6 cm³/mol. The predicted octanol–water partition coefficient (Wildman–Crippen LogP) is 1.21. The number of rotatable bonds is 8. The van der Waals surface area contributed by atoms with Gasteiger partial charge in [0.1, 0.15) is 6.61 Å². The molecule has 1 amide bonds. The highest BCUT2D eigenvalue weighted by Gasteiger charge is 2.22. The molecule has 128 valence electrons. The Morgan fingerprint density at radius 2 is 1.87 bits per heavy atom. The lowest BCUT2D eigenvalue weighted by atomic mass is 10.1. The monoisotopic (exact) mass is 340 g/mol. The van der Waals surface area contributed by atoms with Gasteiger partial charge < -0.3 is 10.1 Å². The third-order valence-corrected chi connectivity index (χ3v) is 5.46. The second kappa shape index (κ2) is 8.42. The summed E-state index contributed by atoms with van der Waals surface area (Å²) in [6.07, 6.45) is 4.64. The normalized spacial score (nSPS) is 15.7. The second-order valence-electron chi connectivity index (χ2n) is 5.78. The van der Waals surface area contributed by atoms with Gasteiger partial charge in [-0.15, -0.1) is 0 Å². The molecule has 1 aliphatic rings. The molecule has 0 aromatic heterocycles. The molecule has 1 aromatic rings. The smallest absolute Gasteiger partial charge is 0.245 e. The van der Waals surface area contributed by atoms with Crippen molar-refractivity contribution in [2.75, 3.05) is 20.3 Å². The van der Waals surface area contributed by atoms with E-state index in [1.165, 1.54) is 7.11 Å². The second-order valence-corrected chi connectivity index (χ2v) is 7.49. The summed E-state index contributed by atoms with van der Waals surface area (Å²) in [5.41, 5.74) is 0.975. The number of benzene rings is 1. The first-order chi connectivity index (χ1) is 11.0. The minimum Gasteiger partial charge on any atom is -0.375 e. The van der Waals surface area contributed by atoms with Gasteiger partial charge in [0.05, 0.1) is 4.90 Å². The molecule has 2 N–H and O–H groups in total. The lowest BCUT2D eigenvalue weighted by molar-refractivity contribution is -0.124. The number of ether oxygens (including phenoxy) is 1. The number of carbonyl (C=O) groups excluding carboxylic acids is 1. The van der Waals surface area contributed by atoms with Crippen LogP contribution in [-0.4, -0.2) is 40.6 Å². The Morgan fingerprint density at radius 3 is 2.48 bits per heavy atom. The van der Waals surface area contributed by atoms with Crippen LogP contribution in [0.1, 0.15) is 31.2 Å². The molecule has 0 bridgehead atoms. The summed E-state index contributed by atoms with van der Waals surface area (Å²) < 4.78 is 32.1. The van der Waals surface area contributed by atoms with Gasteiger partial charge in [-0.05, 0) is 37.0 Å². The third kappa shape index (κ3) is 5.60. The number of sulfonamides is 1. The number of carbonyl (C=O) groups is 1. The van der Waals surface area contributed by atoms with E-state index in [0.717, 1.165) is 31.2 Å². The Balaban J connectivity index is 1.87. The van der Waals surface area contributed by atoms with E-state index in [0.29, 0.717) is 13.0 Å². The number of hydrogen-bond donors (Lipinski definition) is 2. The summed E-state index contributed by atoms with van der Waals surface area (Å²) in [6.45, 7) is 0.540. The summed E-state index contributed by atoms with van der Waals surface area (Å²) >= 11 is 0. The van der Waals surface area contributed by atoms with Crippen LogP contribution < -0.4 is 10.0 Å². The Hall–Kier alpha value is -1.44. The van der Waals surface area contributed by atoms with Crippen LogP contribution in [0.25, 0.3) is 0 Å². The van der Waals surface area contributed by atoms with Gasteiger partial charge in [-0.3, -0.25) is 4.79 Å². The Morgan fingerprint density at radius 1 is 1.22 bits per heavy atom. The number of nitrogens with one attached hydrogen (secondary N) is 2. The van der Waals surface area contributed by atoms with Crippen molar-refractivity contribution in [3.63, 3.8) is 0 Å². The summed E-state index contributed by atoms with van der Waals surface area (Å²) in [6, 6.07) is 6.86. The molecule has 1 aromatic carbocycles. The maximum absolute atomic E-state index is 12.3. The van der Waals surface area contributed by atoms with E-state index in [2.05, 4.69) is 10.0 Å². The molecule has 1 saturated carbocycles. The molecular weight excluding hydrogens is 316 g/mol. The maximum Gasteiger partial charge on any atom is 0.245 e. The molecule has 23 heavy (non-hydrogen) atoms. The van der Waals surface area contributed by atoms with Gasteiger partial charge in [0.25, 0.3) is 0 Å². The van der Waals surface area contributed by atoms with Crippen LogP contribution in [0.5, 0.6) is 0 Å². The van der Waals surface area contributed by atoms with Crippen molar-refractivity contribution in [1.29, 1.82) is 0 Å². The van der Waals surface area contributed by atoms with E-state index in [9.17, 15) is 13.2 Å². The molecule has 0 radical (unpaired) electrons. The van der Waals surface area contributed by atoms with Crippen molar-refractivity contribution in [2.24, 2.45) is 0 Å². The van der Waals surface area contributed by atoms with Crippen LogP contribution in [0.2, 0.25) is 0 Å². The van der Waals surface area contributed by atoms with Crippen molar-refractivity contribution in [1.82, 2.24) is 10.0 Å². The van der Waals surface area contributed by atoms with Gasteiger partial charge >= 0.3 is 0 Å². The average Bonchev–Trinajstić information content (AvgIpc) is 3.00. The fourth-order valence-electron chi connectivity index (χ4n) is 2.69. The van der Waals surface area contributed by atoms with Crippen LogP contribution in [-0.2, 0) is 26.0 Å². The van der Waals surface area contributed by atoms with Gasteiger partial charge in [0.2, 0.25) is 15.9 Å². The molecule has 0 aliphatic heterocycles. The lowest BCUT2D eigenvalue weighted by Crippen LogP contribution is -2.32. The van der Waals surface area contributed by atoms with Gasteiger partial charge in [0.15, 0.2) is 0 Å². The number of amides is 1. The zero-order chi connectivity index (χ0) is 16.7. The lowest BCUT2D eigenvalue weighted by Gasteiger charge is -2.13. The van der Waals surface area contributed by atoms with Crippen LogP contribution in [0.4, 0.5) is 0 Å². The van der Waals surface area contributed by atoms with Crippen molar-refractivity contribution < 1.29 is 17.9 Å². The van der Waals surface area contributed by atoms with Crippen LogP contribution in [0.3, 0.4) is 0 Å². The zero-order valence-corrected chi connectivity index (χ0v) is 14.2. The molecule has 0 heterocycles. The number of hydrogen-bond acceptors (Lipinski definition) is 4. The first-order valence-corrected chi connectivity index (χ1v) is 9.36. The van der Waals surface area contributed by atoms with E-state index in [-0.39, 0.29) is 23.5 Å². The fourth-order valence-corrected chi connectivity index (χ4v) is 4.00. The first kappa shape index (κ1) is 17.9. The molecule has 2 rings (SSSR count). The minimum absolute atomic E-state index is 0.0457. The largest absolute Gasteiger partial charge is 0.375 e. The zero-order valence-electron chi connectivity index (χ0n) is 13.4. The summed E-state index contributed by atoms with van der Waals surface area (Å²) in [5.74, 6) is -0.160. The van der Waals surface area contributed by atoms with E-state index in [4.69, 9.17) is 4.74 Å². The van der Waals surface area contributed by atoms with Crippen molar-refractivity contribution in [3.05, 3.63) is 29.8 Å². The van der Waals surface area contributed by atoms with Crippen molar-refractivity contribution >= 4 is 15.9 Å². The maximum atomic E-state index is 12.3. The van der Waals surface area contributed by atoms with E-state index < -0.39 is 10.0 Å². The summed E-state index contributed by atoms with van der Waals surface area (Å²) in [5, 5.41) is 2.73. The van der Waals surface area contributed by atoms with Crippen molar-refractivity contribution in [2.45, 2.75) is 43.0 Å². The molecule has 0 saturated heterocycles. The van der Waals surface area contributed by atoms with Crippen LogP contribution >= 0.6 is 0 Å². The van der Waals surface area contributed by atoms with E-state index in [1.54, 1.807) is 24.3 Å². The molecule has 6 nitrogen and oxygen atoms in total. The van der Waals surface area contributed by atoms with E-state index >= 15 is 0 Å². The Bertz CT molecular complexity index is 607. The van der Waals surface area contributed by atoms with Crippen molar-refractivity contribution in [3.8, 4) is 0 Å². The molecule has 0 unspecified atom stereocenters. The summed E-state index contributed by atoms with van der Waals surface area (Å²) in [7, 11) is -1.97. The van der Waals surface area contributed by atoms with E-state index in [1.807, 2.05) is 0 Å². The minimum atomic E-state index is -3.44. The molecule has 1 fully saturated rings. The average molecular weight is 340 g/mol. The first-order valence-electron chi connectivity index (χ1n) is 7.88. The topological polar surface area (TPSA) is 84.5 Å². The molecule has 0 atom stereocenters. The quantitative estimate of drug-likeness (QED) is 0.745. The van der Waals surface area contributed by atoms with Crippen LogP contribution in [0, 0.1) is 0 Å². The van der Waals surface area contributed by atoms with Gasteiger partial charge in [-0.1, -0.05) is 25.0 Å². The van der Waals surface area contributed by atoms with Crippen LogP contribution in [0.15, 0.2) is 29.2 Å². The van der Waals surface area contributed by atoms with Gasteiger partial charge in [-0.2, -0.15) is 0 Å². The summed E-state index contributed by atoms with van der Waals surface area (Å²) in [4.78, 5) is 11.5. The molecular formula is C16H24N2O4S. The Labute approximate surface area is 137 Å². The highest BCUT2D eigenvalue weighted by molar-refractivity contribution is 7.89. The highest BCUT2D eigenvalue weighted by atomic mass is 32.2. The molecule has 7 heteroatoms. The fraction of sp³-hybridized carbons (Fsp3) is 0.562.